The molecule has 2 aromatic rings. The normalized spacial score (nSPS) is 18.3. The number of guanidine groups is 1. The monoisotopic (exact) mass is 423 g/mol. The molecule has 0 radical (unpaired) electrons. The number of nitrogens with zero attached hydrogens (tertiary/aromatic N) is 6. The van der Waals surface area contributed by atoms with Crippen molar-refractivity contribution in [1.82, 2.24) is 24.9 Å². The summed E-state index contributed by atoms with van der Waals surface area (Å²) in [6, 6.07) is 8.72. The summed E-state index contributed by atoms with van der Waals surface area (Å²) in [5, 5.41) is 7.71. The molecule has 1 aromatic carbocycles. The highest BCUT2D eigenvalue weighted by Crippen LogP contribution is 2.25. The number of fused-ring (bicyclic) bond motifs is 1. The van der Waals surface area contributed by atoms with Crippen molar-refractivity contribution in [3.8, 4) is 0 Å². The van der Waals surface area contributed by atoms with Crippen molar-refractivity contribution in [2.45, 2.75) is 32.4 Å². The molecule has 31 heavy (non-hydrogen) atoms. The third kappa shape index (κ3) is 4.58. The van der Waals surface area contributed by atoms with Crippen LogP contribution in [0.4, 0.5) is 5.69 Å². The van der Waals surface area contributed by atoms with Gasteiger partial charge in [-0.15, -0.1) is 0 Å². The number of nitrogens with one attached hydrogen (secondary N) is 1. The maximum Gasteiger partial charge on any atom is 0.246 e. The first-order chi connectivity index (χ1) is 14.9. The first kappa shape index (κ1) is 21.4. The average Bonchev–Trinajstić information content (AvgIpc) is 3.19. The number of aryl methyl sites for hydroxylation is 1. The standard InChI is InChI=1S/C23H33N7O/c1-23(2,29-10-9-18-7-5-6-8-19(18)14-29)17-25-22(24-3)28-11-12-30(21(31)16-28)20-13-26-27(4)15-20/h5-8,13,15H,9-12,14,16-17H2,1-4H3,(H,24,25). The highest BCUT2D eigenvalue weighted by Gasteiger charge is 2.32. The van der Waals surface area contributed by atoms with Gasteiger partial charge in [0.1, 0.15) is 6.54 Å². The van der Waals surface area contributed by atoms with E-state index in [1.807, 2.05) is 18.1 Å². The maximum atomic E-state index is 12.8. The van der Waals surface area contributed by atoms with Gasteiger partial charge in [-0.1, -0.05) is 24.3 Å². The number of rotatable bonds is 4. The average molecular weight is 424 g/mol. The summed E-state index contributed by atoms with van der Waals surface area (Å²) in [6.45, 7) is 8.98. The van der Waals surface area contributed by atoms with Crippen LogP contribution in [0.5, 0.6) is 0 Å². The summed E-state index contributed by atoms with van der Waals surface area (Å²) >= 11 is 0. The molecule has 3 heterocycles. The molecule has 1 aromatic heterocycles. The number of hydrogen-bond acceptors (Lipinski definition) is 4. The van der Waals surface area contributed by atoms with E-state index >= 15 is 0 Å². The Balaban J connectivity index is 1.35. The van der Waals surface area contributed by atoms with Gasteiger partial charge in [-0.3, -0.25) is 19.4 Å². The minimum Gasteiger partial charge on any atom is -0.354 e. The summed E-state index contributed by atoms with van der Waals surface area (Å²) < 4.78 is 1.72. The smallest absolute Gasteiger partial charge is 0.246 e. The lowest BCUT2D eigenvalue weighted by Crippen LogP contribution is -2.58. The number of aromatic nitrogens is 2. The van der Waals surface area contributed by atoms with Crippen LogP contribution in [0.2, 0.25) is 0 Å². The zero-order valence-electron chi connectivity index (χ0n) is 19.0. The van der Waals surface area contributed by atoms with Crippen LogP contribution in [-0.4, -0.2) is 76.8 Å². The molecule has 2 aliphatic rings. The lowest BCUT2D eigenvalue weighted by atomic mass is 9.94. The van der Waals surface area contributed by atoms with Gasteiger partial charge in [0.05, 0.1) is 11.9 Å². The van der Waals surface area contributed by atoms with Gasteiger partial charge in [0, 0.05) is 58.6 Å². The molecule has 166 valence electrons. The molecule has 0 aliphatic carbocycles. The lowest BCUT2D eigenvalue weighted by molar-refractivity contribution is -0.120. The van der Waals surface area contributed by atoms with Crippen LogP contribution in [-0.2, 0) is 24.8 Å². The summed E-state index contributed by atoms with van der Waals surface area (Å²) in [5.74, 6) is 0.846. The zero-order chi connectivity index (χ0) is 22.0. The van der Waals surface area contributed by atoms with E-state index in [4.69, 9.17) is 0 Å². The quantitative estimate of drug-likeness (QED) is 0.596. The molecule has 0 atom stereocenters. The number of amides is 1. The van der Waals surface area contributed by atoms with E-state index in [-0.39, 0.29) is 11.4 Å². The van der Waals surface area contributed by atoms with Crippen LogP contribution < -0.4 is 10.2 Å². The Bertz CT molecular complexity index is 964. The third-order valence-electron chi connectivity index (χ3n) is 6.40. The summed E-state index contributed by atoms with van der Waals surface area (Å²) in [4.78, 5) is 23.6. The summed E-state index contributed by atoms with van der Waals surface area (Å²) in [6.07, 6.45) is 4.69. The number of hydrogen-bond donors (Lipinski definition) is 1. The Morgan fingerprint density at radius 2 is 1.94 bits per heavy atom. The van der Waals surface area contributed by atoms with Crippen molar-refractivity contribution in [3.63, 3.8) is 0 Å². The molecule has 0 saturated carbocycles. The van der Waals surface area contributed by atoms with E-state index in [9.17, 15) is 4.79 Å². The summed E-state index contributed by atoms with van der Waals surface area (Å²) in [7, 11) is 3.64. The zero-order valence-corrected chi connectivity index (χ0v) is 19.0. The molecular formula is C23H33N7O. The number of carbonyl (C=O) groups is 1. The fraction of sp³-hybridized carbons (Fsp3) is 0.522. The molecule has 0 spiro atoms. The maximum absolute atomic E-state index is 12.8. The minimum absolute atomic E-state index is 0.0367. The van der Waals surface area contributed by atoms with Crippen molar-refractivity contribution < 1.29 is 4.79 Å². The second-order valence-electron chi connectivity index (χ2n) is 8.99. The fourth-order valence-corrected chi connectivity index (χ4v) is 4.43. The van der Waals surface area contributed by atoms with Crippen molar-refractivity contribution in [1.29, 1.82) is 0 Å². The van der Waals surface area contributed by atoms with Crippen LogP contribution in [0, 0.1) is 0 Å². The summed E-state index contributed by atoms with van der Waals surface area (Å²) in [5.41, 5.74) is 3.69. The molecule has 1 amide bonds. The van der Waals surface area contributed by atoms with Crippen LogP contribution in [0.1, 0.15) is 25.0 Å². The molecule has 0 bridgehead atoms. The highest BCUT2D eigenvalue weighted by molar-refractivity contribution is 5.98. The van der Waals surface area contributed by atoms with Crippen LogP contribution in [0.25, 0.3) is 0 Å². The highest BCUT2D eigenvalue weighted by atomic mass is 16.2. The van der Waals surface area contributed by atoms with E-state index in [2.05, 4.69) is 58.4 Å². The van der Waals surface area contributed by atoms with Gasteiger partial charge in [-0.05, 0) is 31.4 Å². The van der Waals surface area contributed by atoms with Crippen molar-refractivity contribution in [2.24, 2.45) is 12.0 Å². The Morgan fingerprint density at radius 3 is 2.61 bits per heavy atom. The Labute approximate surface area is 184 Å². The number of anilines is 1. The molecular weight excluding hydrogens is 390 g/mol. The largest absolute Gasteiger partial charge is 0.354 e. The van der Waals surface area contributed by atoms with Crippen LogP contribution >= 0.6 is 0 Å². The third-order valence-corrected chi connectivity index (χ3v) is 6.40. The second-order valence-corrected chi connectivity index (χ2v) is 8.99. The molecule has 0 unspecified atom stereocenters. The van der Waals surface area contributed by atoms with Gasteiger partial charge < -0.3 is 15.1 Å². The Hall–Kier alpha value is -2.87. The van der Waals surface area contributed by atoms with E-state index in [1.54, 1.807) is 22.8 Å². The van der Waals surface area contributed by atoms with Crippen LogP contribution in [0.3, 0.4) is 0 Å². The molecule has 8 nitrogen and oxygen atoms in total. The molecule has 1 saturated heterocycles. The van der Waals surface area contributed by atoms with Gasteiger partial charge >= 0.3 is 0 Å². The molecule has 4 rings (SSSR count). The van der Waals surface area contributed by atoms with Gasteiger partial charge in [-0.25, -0.2) is 0 Å². The van der Waals surface area contributed by atoms with Crippen LogP contribution in [0.15, 0.2) is 41.7 Å². The van der Waals surface area contributed by atoms with E-state index in [0.717, 1.165) is 44.2 Å². The minimum atomic E-state index is -0.0367. The van der Waals surface area contributed by atoms with Gasteiger partial charge in [0.25, 0.3) is 0 Å². The van der Waals surface area contributed by atoms with Gasteiger partial charge in [0.2, 0.25) is 5.91 Å². The topological polar surface area (TPSA) is 69.0 Å². The fourth-order valence-electron chi connectivity index (χ4n) is 4.43. The molecule has 1 fully saturated rings. The van der Waals surface area contributed by atoms with Gasteiger partial charge in [0.15, 0.2) is 5.96 Å². The SMILES string of the molecule is CN=C(NCC(C)(C)N1CCc2ccccc2C1)N1CCN(c2cnn(C)c2)C(=O)C1. The molecule has 2 aliphatic heterocycles. The van der Waals surface area contributed by atoms with Crippen molar-refractivity contribution in [2.75, 3.05) is 44.7 Å². The predicted octanol–water partition coefficient (Wildman–Crippen LogP) is 1.48. The Morgan fingerprint density at radius 1 is 1.16 bits per heavy atom. The second kappa shape index (κ2) is 8.70. The van der Waals surface area contributed by atoms with Gasteiger partial charge in [-0.2, -0.15) is 5.10 Å². The number of benzene rings is 1. The first-order valence-corrected chi connectivity index (χ1v) is 10.9. The molecule has 8 heteroatoms. The predicted molar refractivity (Wildman–Crippen MR) is 123 cm³/mol. The Kier molecular flexibility index (Phi) is 6.00. The number of aliphatic imine (C=N–C) groups is 1. The lowest BCUT2D eigenvalue weighted by Gasteiger charge is -2.43. The van der Waals surface area contributed by atoms with Crippen molar-refractivity contribution in [3.05, 3.63) is 47.8 Å². The first-order valence-electron chi connectivity index (χ1n) is 10.9. The van der Waals surface area contributed by atoms with E-state index in [0.29, 0.717) is 13.1 Å². The van der Waals surface area contributed by atoms with Crippen molar-refractivity contribution >= 4 is 17.6 Å². The van der Waals surface area contributed by atoms with E-state index < -0.39 is 0 Å². The van der Waals surface area contributed by atoms with E-state index in [1.165, 1.54) is 11.1 Å². The molecule has 1 N–H and O–H groups in total. The number of piperazine rings is 1. The number of carbonyl (C=O) groups excluding carboxylic acids is 1.